The van der Waals surface area contributed by atoms with Gasteiger partial charge >= 0.3 is 18.0 Å². The van der Waals surface area contributed by atoms with E-state index in [1.807, 2.05) is 0 Å². The van der Waals surface area contributed by atoms with Gasteiger partial charge < -0.3 is 10.2 Å². The van der Waals surface area contributed by atoms with Crippen molar-refractivity contribution >= 4 is 23.3 Å². The molecule has 3 rings (SSSR count). The predicted octanol–water partition coefficient (Wildman–Crippen LogP) is 7.09. The van der Waals surface area contributed by atoms with Crippen LogP contribution in [0.1, 0.15) is 27.0 Å². The Kier molecular flexibility index (Phi) is 8.55. The lowest BCUT2D eigenvalue weighted by molar-refractivity contribution is -0.348. The molecule has 0 saturated heterocycles. The molecule has 1 heterocycles. The van der Waals surface area contributed by atoms with Crippen LogP contribution in [-0.2, 0) is 18.6 Å². The topological polar surface area (TPSA) is 45.2 Å². The van der Waals surface area contributed by atoms with Crippen LogP contribution in [0.5, 0.6) is 0 Å². The van der Waals surface area contributed by atoms with E-state index in [1.54, 1.807) is 0 Å². The molecular weight excluding hydrogens is 546 g/mol. The van der Waals surface area contributed by atoms with Gasteiger partial charge in [-0.25, -0.2) is 13.8 Å². The monoisotopic (exact) mass is 565 g/mol. The molecule has 0 saturated carbocycles. The van der Waals surface area contributed by atoms with E-state index in [4.69, 9.17) is 11.6 Å². The first-order valence-corrected chi connectivity index (χ1v) is 11.3. The highest BCUT2D eigenvalue weighted by Gasteiger charge is 2.73. The number of carbonyl (C=O) groups excluding carboxylic acids is 1. The summed E-state index contributed by atoms with van der Waals surface area (Å²) < 4.78 is 106. The smallest absolute Gasteiger partial charge is 0.372 e. The molecule has 0 aliphatic carbocycles. The lowest BCUT2D eigenvalue weighted by Crippen LogP contribution is -2.50. The fourth-order valence-electron chi connectivity index (χ4n) is 3.69. The molecule has 0 aliphatic rings. The van der Waals surface area contributed by atoms with Crippen molar-refractivity contribution in [1.82, 2.24) is 9.88 Å². The van der Waals surface area contributed by atoms with Crippen molar-refractivity contribution in [3.63, 3.8) is 0 Å². The number of nitrogens with zero attached hydrogens (tertiary/aromatic N) is 2. The molecule has 4 nitrogen and oxygen atoms in total. The van der Waals surface area contributed by atoms with E-state index >= 15 is 0 Å². The number of amides is 1. The molecule has 13 heteroatoms. The second kappa shape index (κ2) is 11.1. The van der Waals surface area contributed by atoms with E-state index in [0.717, 1.165) is 12.1 Å². The Balaban J connectivity index is 1.94. The maximum Gasteiger partial charge on any atom is 0.435 e. The zero-order valence-electron chi connectivity index (χ0n) is 19.6. The van der Waals surface area contributed by atoms with Gasteiger partial charge in [0, 0.05) is 31.9 Å². The normalized spacial score (nSPS) is 12.4. The minimum absolute atomic E-state index is 0.0278. The fourth-order valence-corrected chi connectivity index (χ4v) is 3.85. The highest BCUT2D eigenvalue weighted by molar-refractivity contribution is 6.31. The molecule has 0 fully saturated rings. The average molecular weight is 566 g/mol. The Morgan fingerprint density at radius 3 is 2.00 bits per heavy atom. The van der Waals surface area contributed by atoms with Gasteiger partial charge in [0.05, 0.1) is 10.6 Å². The molecule has 0 spiro atoms. The molecule has 1 N–H and O–H groups in total. The van der Waals surface area contributed by atoms with E-state index in [1.165, 1.54) is 48.5 Å². The Bertz CT molecular complexity index is 1250. The molecule has 38 heavy (non-hydrogen) atoms. The van der Waals surface area contributed by atoms with Crippen LogP contribution >= 0.6 is 11.6 Å². The summed E-state index contributed by atoms with van der Waals surface area (Å²) in [5.74, 6) is -0.882. The number of hydrogen-bond acceptors (Lipinski definition) is 3. The summed E-state index contributed by atoms with van der Waals surface area (Å²) in [5.41, 5.74) is -6.34. The van der Waals surface area contributed by atoms with Gasteiger partial charge in [0.2, 0.25) is 0 Å². The summed E-state index contributed by atoms with van der Waals surface area (Å²) in [6.07, 6.45) is -10.9. The van der Waals surface area contributed by atoms with Crippen molar-refractivity contribution in [3.8, 4) is 0 Å². The van der Waals surface area contributed by atoms with Crippen molar-refractivity contribution in [1.29, 1.82) is 0 Å². The van der Waals surface area contributed by atoms with Gasteiger partial charge in [0.25, 0.3) is 5.91 Å². The summed E-state index contributed by atoms with van der Waals surface area (Å²) in [4.78, 5) is 18.7. The van der Waals surface area contributed by atoms with E-state index in [2.05, 4.69) is 10.3 Å². The number of carbonyl (C=O) groups is 1. The van der Waals surface area contributed by atoms with E-state index < -0.39 is 35.3 Å². The van der Waals surface area contributed by atoms with Crippen LogP contribution in [0.3, 0.4) is 0 Å². The quantitative estimate of drug-likeness (QED) is 0.297. The van der Waals surface area contributed by atoms with E-state index in [0.29, 0.717) is 17.7 Å². The van der Waals surface area contributed by atoms with E-state index in [-0.39, 0.29) is 41.5 Å². The number of pyridine rings is 1. The molecule has 0 bridgehead atoms. The van der Waals surface area contributed by atoms with Gasteiger partial charge in [-0.05, 0) is 35.7 Å². The summed E-state index contributed by atoms with van der Waals surface area (Å²) in [6.45, 7) is -0.229. The minimum atomic E-state index is -6.24. The molecular formula is C25H20ClF8N3O. The number of hydrogen-bond donors (Lipinski definition) is 1. The summed E-state index contributed by atoms with van der Waals surface area (Å²) in [5, 5.41) is 2.89. The second-order valence-electron chi connectivity index (χ2n) is 8.25. The first-order chi connectivity index (χ1) is 17.7. The van der Waals surface area contributed by atoms with Gasteiger partial charge in [0.1, 0.15) is 11.6 Å². The third-order valence-electron chi connectivity index (χ3n) is 5.70. The molecule has 3 aromatic rings. The van der Waals surface area contributed by atoms with Crippen LogP contribution in [0.15, 0.2) is 60.8 Å². The average Bonchev–Trinajstić information content (AvgIpc) is 2.85. The van der Waals surface area contributed by atoms with E-state index in [9.17, 15) is 39.9 Å². The fraction of sp³-hybridized carbons (Fsp3) is 0.280. The lowest BCUT2D eigenvalue weighted by Gasteiger charge is -2.30. The van der Waals surface area contributed by atoms with Crippen molar-refractivity contribution in [2.45, 2.75) is 31.0 Å². The van der Waals surface area contributed by atoms with Gasteiger partial charge in [-0.3, -0.25) is 4.79 Å². The molecule has 1 amide bonds. The molecule has 0 atom stereocenters. The maximum atomic E-state index is 14.4. The molecule has 2 aromatic carbocycles. The van der Waals surface area contributed by atoms with Crippen molar-refractivity contribution < 1.29 is 39.9 Å². The van der Waals surface area contributed by atoms with Crippen LogP contribution in [0.25, 0.3) is 0 Å². The van der Waals surface area contributed by atoms with Crippen LogP contribution in [0, 0.1) is 5.82 Å². The Labute approximate surface area is 217 Å². The second-order valence-corrected chi connectivity index (χ2v) is 8.69. The number of alkyl halides is 7. The molecule has 204 valence electrons. The highest BCUT2D eigenvalue weighted by Crippen LogP contribution is 2.53. The third kappa shape index (κ3) is 6.17. The standard InChI is InChI=1S/C25H20ClF8N3O/c1-35-21-20(12-18(26)13-36-21)22(38)37(11-10-15-4-8-19(27)9-5-15)14-16-2-6-17(7-3-16)23(28,24(29,30)31)25(32,33)34/h2-9,12-13H,10-11,14H2,1H3,(H,35,36). The largest absolute Gasteiger partial charge is 0.435 e. The van der Waals surface area contributed by atoms with Gasteiger partial charge in [-0.15, -0.1) is 0 Å². The predicted molar refractivity (Wildman–Crippen MR) is 125 cm³/mol. The Morgan fingerprint density at radius 2 is 1.47 bits per heavy atom. The van der Waals surface area contributed by atoms with Crippen LogP contribution < -0.4 is 5.32 Å². The first-order valence-electron chi connectivity index (χ1n) is 11.0. The number of anilines is 1. The molecule has 1 aromatic heterocycles. The lowest BCUT2D eigenvalue weighted by atomic mass is 9.93. The highest BCUT2D eigenvalue weighted by atomic mass is 35.5. The summed E-state index contributed by atoms with van der Waals surface area (Å²) >= 11 is 5.99. The van der Waals surface area contributed by atoms with Gasteiger partial charge in [0.15, 0.2) is 0 Å². The molecule has 0 unspecified atom stereocenters. The van der Waals surface area contributed by atoms with Crippen molar-refractivity contribution in [2.75, 3.05) is 18.9 Å². The number of rotatable bonds is 8. The number of halogens is 9. The summed E-state index contributed by atoms with van der Waals surface area (Å²) in [6, 6.07) is 9.35. The third-order valence-corrected chi connectivity index (χ3v) is 5.91. The number of benzene rings is 2. The van der Waals surface area contributed by atoms with Gasteiger partial charge in [-0.1, -0.05) is 48.0 Å². The van der Waals surface area contributed by atoms with Gasteiger partial charge in [-0.2, -0.15) is 26.3 Å². The Morgan fingerprint density at radius 1 is 0.921 bits per heavy atom. The zero-order valence-corrected chi connectivity index (χ0v) is 20.4. The van der Waals surface area contributed by atoms with Crippen LogP contribution in [0.4, 0.5) is 40.9 Å². The number of nitrogens with one attached hydrogen (secondary N) is 1. The van der Waals surface area contributed by atoms with Crippen molar-refractivity contribution in [3.05, 3.63) is 93.9 Å². The molecule has 0 aliphatic heterocycles. The minimum Gasteiger partial charge on any atom is -0.372 e. The maximum absolute atomic E-state index is 14.4. The SMILES string of the molecule is CNc1ncc(Cl)cc1C(=O)N(CCc1ccc(F)cc1)Cc1ccc(C(F)(C(F)(F)F)C(F)(F)F)cc1. The first kappa shape index (κ1) is 29.2. The molecule has 0 radical (unpaired) electrons. The summed E-state index contributed by atoms with van der Waals surface area (Å²) in [7, 11) is 1.51. The zero-order chi connectivity index (χ0) is 28.3. The van der Waals surface area contributed by atoms with Crippen molar-refractivity contribution in [2.24, 2.45) is 0 Å². The van der Waals surface area contributed by atoms with Crippen LogP contribution in [0.2, 0.25) is 5.02 Å². The van der Waals surface area contributed by atoms with Crippen LogP contribution in [-0.4, -0.2) is 41.7 Å². The number of aromatic nitrogens is 1. The Hall–Kier alpha value is -3.41.